The SMILES string of the molecule is COC(=O)c1csc(NC(=O)C(Cc2cn(C)cn2)N2C(=O)NC(c3ccc4c(c3)OCO4)C2=O)n1. The van der Waals surface area contributed by atoms with E-state index < -0.39 is 35.9 Å². The van der Waals surface area contributed by atoms with Crippen molar-refractivity contribution in [2.24, 2.45) is 7.05 Å². The number of hydrogen-bond acceptors (Lipinski definition) is 10. The highest BCUT2D eigenvalue weighted by atomic mass is 32.1. The number of imide groups is 1. The minimum absolute atomic E-state index is 0.0249. The molecule has 2 aromatic heterocycles. The Bertz CT molecular complexity index is 1370. The monoisotopic (exact) mass is 512 g/mol. The number of imidazole rings is 1. The smallest absolute Gasteiger partial charge is 0.357 e. The molecule has 4 heterocycles. The Hall–Kier alpha value is -4.46. The summed E-state index contributed by atoms with van der Waals surface area (Å²) in [4.78, 5) is 60.6. The van der Waals surface area contributed by atoms with Crippen molar-refractivity contribution in [3.8, 4) is 11.5 Å². The van der Waals surface area contributed by atoms with Crippen molar-refractivity contribution in [2.75, 3.05) is 19.2 Å². The van der Waals surface area contributed by atoms with Crippen molar-refractivity contribution in [1.29, 1.82) is 0 Å². The minimum atomic E-state index is -1.24. The van der Waals surface area contributed by atoms with E-state index in [9.17, 15) is 19.2 Å². The zero-order valence-electron chi connectivity index (χ0n) is 19.1. The van der Waals surface area contributed by atoms with E-state index in [0.29, 0.717) is 22.8 Å². The Labute approximate surface area is 208 Å². The zero-order chi connectivity index (χ0) is 25.4. The van der Waals surface area contributed by atoms with Crippen LogP contribution in [0.4, 0.5) is 9.93 Å². The standard InChI is InChI=1S/C22H20N6O7S/c1-27-7-12(23-9-27)6-14(18(29)26-21-24-13(8-36-21)20(31)33-2)28-19(30)17(25-22(28)32)11-3-4-15-16(5-11)35-10-34-15/h3-5,7-9,14,17H,6,10H2,1-2H3,(H,25,32)(H,24,26,29). The van der Waals surface area contributed by atoms with Gasteiger partial charge >= 0.3 is 12.0 Å². The number of carbonyl (C=O) groups excluding carboxylic acids is 4. The molecule has 14 heteroatoms. The molecule has 2 aliphatic heterocycles. The molecule has 0 spiro atoms. The molecule has 1 saturated heterocycles. The molecule has 13 nitrogen and oxygen atoms in total. The van der Waals surface area contributed by atoms with Crippen molar-refractivity contribution in [2.45, 2.75) is 18.5 Å². The van der Waals surface area contributed by atoms with E-state index in [0.717, 1.165) is 16.2 Å². The molecule has 0 radical (unpaired) electrons. The van der Waals surface area contributed by atoms with E-state index in [1.54, 1.807) is 42.3 Å². The number of nitrogens with zero attached hydrogens (tertiary/aromatic N) is 4. The van der Waals surface area contributed by atoms with Crippen LogP contribution < -0.4 is 20.1 Å². The fourth-order valence-corrected chi connectivity index (χ4v) is 4.58. The molecular formula is C22H20N6O7S. The summed E-state index contributed by atoms with van der Waals surface area (Å²) in [6, 6.07) is 1.94. The van der Waals surface area contributed by atoms with Crippen LogP contribution in [0, 0.1) is 0 Å². The predicted octanol–water partition coefficient (Wildman–Crippen LogP) is 1.23. The second kappa shape index (κ2) is 9.30. The highest BCUT2D eigenvalue weighted by Gasteiger charge is 2.46. The molecule has 1 aromatic carbocycles. The van der Waals surface area contributed by atoms with E-state index >= 15 is 0 Å². The Morgan fingerprint density at radius 1 is 1.31 bits per heavy atom. The number of carbonyl (C=O) groups is 4. The van der Waals surface area contributed by atoms with Gasteiger partial charge in [-0.3, -0.25) is 9.59 Å². The topological polar surface area (TPSA) is 154 Å². The Kier molecular flexibility index (Phi) is 6.01. The molecule has 2 N–H and O–H groups in total. The lowest BCUT2D eigenvalue weighted by Crippen LogP contribution is -2.49. The van der Waals surface area contributed by atoms with Crippen LogP contribution in [0.3, 0.4) is 0 Å². The second-order valence-electron chi connectivity index (χ2n) is 7.97. The van der Waals surface area contributed by atoms with Crippen LogP contribution in [-0.4, -0.2) is 63.2 Å². The fourth-order valence-electron chi connectivity index (χ4n) is 3.90. The van der Waals surface area contributed by atoms with Gasteiger partial charge in [0.25, 0.3) is 5.91 Å². The quantitative estimate of drug-likeness (QED) is 0.351. The summed E-state index contributed by atoms with van der Waals surface area (Å²) in [5.74, 6) is -0.932. The van der Waals surface area contributed by atoms with Crippen LogP contribution in [0.5, 0.6) is 11.5 Å². The number of ether oxygens (including phenoxy) is 3. The van der Waals surface area contributed by atoms with E-state index in [-0.39, 0.29) is 24.0 Å². The summed E-state index contributed by atoms with van der Waals surface area (Å²) in [6.45, 7) is 0.0661. The first-order chi connectivity index (χ1) is 17.3. The second-order valence-corrected chi connectivity index (χ2v) is 8.83. The molecule has 0 saturated carbocycles. The van der Waals surface area contributed by atoms with Gasteiger partial charge in [-0.25, -0.2) is 24.5 Å². The maximum absolute atomic E-state index is 13.4. The van der Waals surface area contributed by atoms with Crippen LogP contribution in [-0.2, 0) is 27.8 Å². The van der Waals surface area contributed by atoms with Gasteiger partial charge < -0.3 is 29.4 Å². The number of aryl methyl sites for hydroxylation is 1. The number of esters is 1. The summed E-state index contributed by atoms with van der Waals surface area (Å²) in [7, 11) is 2.98. The molecule has 5 rings (SSSR count). The highest BCUT2D eigenvalue weighted by Crippen LogP contribution is 2.36. The number of thiazole rings is 1. The van der Waals surface area contributed by atoms with Crippen LogP contribution in [0.1, 0.15) is 27.8 Å². The van der Waals surface area contributed by atoms with Gasteiger partial charge in [0, 0.05) is 25.0 Å². The largest absolute Gasteiger partial charge is 0.464 e. The minimum Gasteiger partial charge on any atom is -0.464 e. The maximum Gasteiger partial charge on any atom is 0.357 e. The van der Waals surface area contributed by atoms with Gasteiger partial charge in [-0.05, 0) is 17.7 Å². The first kappa shape index (κ1) is 23.3. The molecular weight excluding hydrogens is 492 g/mol. The van der Waals surface area contributed by atoms with Gasteiger partial charge in [-0.2, -0.15) is 0 Å². The number of amides is 4. The third-order valence-electron chi connectivity index (χ3n) is 5.60. The highest BCUT2D eigenvalue weighted by molar-refractivity contribution is 7.14. The molecule has 2 atom stereocenters. The van der Waals surface area contributed by atoms with Gasteiger partial charge in [0.2, 0.25) is 12.7 Å². The molecule has 36 heavy (non-hydrogen) atoms. The normalized spacial score (nSPS) is 17.2. The molecule has 2 unspecified atom stereocenters. The number of aromatic nitrogens is 3. The number of nitrogens with one attached hydrogen (secondary N) is 2. The molecule has 1 fully saturated rings. The van der Waals surface area contributed by atoms with E-state index in [1.807, 2.05) is 0 Å². The summed E-state index contributed by atoms with van der Waals surface area (Å²) in [5, 5.41) is 6.78. The van der Waals surface area contributed by atoms with Crippen molar-refractivity contribution in [3.63, 3.8) is 0 Å². The number of urea groups is 1. The Balaban J connectivity index is 1.41. The van der Waals surface area contributed by atoms with Gasteiger partial charge in [0.1, 0.15) is 12.1 Å². The van der Waals surface area contributed by atoms with Gasteiger partial charge in [0.05, 0.1) is 19.1 Å². The van der Waals surface area contributed by atoms with Crippen LogP contribution in [0.15, 0.2) is 36.1 Å². The molecule has 3 aromatic rings. The molecule has 0 aliphatic carbocycles. The summed E-state index contributed by atoms with van der Waals surface area (Å²) in [5.41, 5.74) is 1.01. The maximum atomic E-state index is 13.4. The number of methoxy groups -OCH3 is 1. The molecule has 2 aliphatic rings. The lowest BCUT2D eigenvalue weighted by Gasteiger charge is -2.23. The van der Waals surface area contributed by atoms with Gasteiger partial charge in [-0.1, -0.05) is 6.07 Å². The average molecular weight is 513 g/mol. The zero-order valence-corrected chi connectivity index (χ0v) is 19.9. The molecule has 0 bridgehead atoms. The van der Waals surface area contributed by atoms with Gasteiger partial charge in [0.15, 0.2) is 22.3 Å². The third-order valence-corrected chi connectivity index (χ3v) is 6.36. The number of fused-ring (bicyclic) bond motifs is 1. The van der Waals surface area contributed by atoms with Crippen LogP contribution in [0.25, 0.3) is 0 Å². The molecule has 4 amide bonds. The Morgan fingerprint density at radius 2 is 2.11 bits per heavy atom. The van der Waals surface area contributed by atoms with Crippen LogP contribution in [0.2, 0.25) is 0 Å². The summed E-state index contributed by atoms with van der Waals surface area (Å²) >= 11 is 1.01. The fraction of sp³-hybridized carbons (Fsp3) is 0.273. The lowest BCUT2D eigenvalue weighted by atomic mass is 10.0. The summed E-state index contributed by atoms with van der Waals surface area (Å²) in [6.07, 6.45) is 3.21. The van der Waals surface area contributed by atoms with Gasteiger partial charge in [-0.15, -0.1) is 11.3 Å². The summed E-state index contributed by atoms with van der Waals surface area (Å²) < 4.78 is 17.0. The lowest BCUT2D eigenvalue weighted by molar-refractivity contribution is -0.134. The number of hydrogen-bond donors (Lipinski definition) is 2. The third kappa shape index (κ3) is 4.33. The Morgan fingerprint density at radius 3 is 2.86 bits per heavy atom. The molecule has 186 valence electrons. The number of rotatable bonds is 7. The predicted molar refractivity (Wildman–Crippen MR) is 123 cm³/mol. The first-order valence-corrected chi connectivity index (χ1v) is 11.6. The van der Waals surface area contributed by atoms with Crippen molar-refractivity contribution in [1.82, 2.24) is 24.8 Å². The average Bonchev–Trinajstić information content (AvgIpc) is 3.65. The van der Waals surface area contributed by atoms with E-state index in [1.165, 1.54) is 12.5 Å². The van der Waals surface area contributed by atoms with Crippen molar-refractivity contribution in [3.05, 3.63) is 53.1 Å². The number of benzene rings is 1. The van der Waals surface area contributed by atoms with Crippen LogP contribution >= 0.6 is 11.3 Å². The van der Waals surface area contributed by atoms with Crippen molar-refractivity contribution >= 4 is 40.3 Å². The number of anilines is 1. The van der Waals surface area contributed by atoms with Crippen molar-refractivity contribution < 1.29 is 33.4 Å². The van der Waals surface area contributed by atoms with E-state index in [4.69, 9.17) is 9.47 Å². The van der Waals surface area contributed by atoms with E-state index in [2.05, 4.69) is 25.3 Å². The first-order valence-electron chi connectivity index (χ1n) is 10.7.